The minimum absolute atomic E-state index is 0.159. The van der Waals surface area contributed by atoms with Gasteiger partial charge in [0.2, 0.25) is 5.91 Å². The molecule has 0 bridgehead atoms. The van der Waals surface area contributed by atoms with Crippen molar-refractivity contribution in [3.63, 3.8) is 0 Å². The lowest BCUT2D eigenvalue weighted by Crippen LogP contribution is -2.32. The minimum Gasteiger partial charge on any atom is -0.459 e. The first-order chi connectivity index (χ1) is 13.5. The summed E-state index contributed by atoms with van der Waals surface area (Å²) in [4.78, 5) is 12.0. The van der Waals surface area contributed by atoms with Crippen LogP contribution < -0.4 is 10.6 Å². The lowest BCUT2D eigenvalue weighted by molar-refractivity contribution is -0.115. The highest BCUT2D eigenvalue weighted by Crippen LogP contribution is 2.32. The van der Waals surface area contributed by atoms with Crippen molar-refractivity contribution in [1.82, 2.24) is 5.32 Å². The summed E-state index contributed by atoms with van der Waals surface area (Å²) >= 11 is 11.4. The second kappa shape index (κ2) is 9.32. The monoisotopic (exact) mass is 412 g/mol. The fourth-order valence-electron chi connectivity index (χ4n) is 2.45. The van der Waals surface area contributed by atoms with Crippen LogP contribution in [0.1, 0.15) is 11.3 Å². The van der Waals surface area contributed by atoms with Gasteiger partial charge >= 0.3 is 0 Å². The van der Waals surface area contributed by atoms with Crippen LogP contribution >= 0.6 is 23.8 Å². The highest BCUT2D eigenvalue weighted by molar-refractivity contribution is 7.80. The van der Waals surface area contributed by atoms with Crippen LogP contribution in [0.4, 0.5) is 5.69 Å². The van der Waals surface area contributed by atoms with E-state index in [4.69, 9.17) is 33.3 Å². The Bertz CT molecular complexity index is 1020. The number of furan rings is 1. The van der Waals surface area contributed by atoms with Crippen molar-refractivity contribution in [1.29, 1.82) is 0 Å². The van der Waals surface area contributed by atoms with Gasteiger partial charge in [-0.3, -0.25) is 10.1 Å². The lowest BCUT2D eigenvalue weighted by Gasteiger charge is -2.10. The molecule has 0 saturated heterocycles. The quantitative estimate of drug-likeness (QED) is 0.421. The molecule has 0 saturated carbocycles. The molecule has 7 heteroatoms. The predicted octanol–water partition coefficient (Wildman–Crippen LogP) is 4.62. The molecule has 1 heterocycles. The number of carbonyl (C=O) groups excluding carboxylic acids is 1. The molecular formula is C21H17ClN2O3S. The summed E-state index contributed by atoms with van der Waals surface area (Å²) in [6.45, 7) is -0.192. The average Bonchev–Trinajstić information content (AvgIpc) is 3.17. The summed E-state index contributed by atoms with van der Waals surface area (Å²) in [6, 6.07) is 18.1. The molecule has 3 N–H and O–H groups in total. The number of nitrogens with one attached hydrogen (secondary N) is 2. The van der Waals surface area contributed by atoms with Crippen LogP contribution in [0.3, 0.4) is 0 Å². The van der Waals surface area contributed by atoms with E-state index in [1.54, 1.807) is 36.4 Å². The van der Waals surface area contributed by atoms with Gasteiger partial charge in [-0.15, -0.1) is 0 Å². The number of carbonyl (C=O) groups is 1. The maximum Gasteiger partial charge on any atom is 0.250 e. The van der Waals surface area contributed by atoms with Crippen molar-refractivity contribution < 1.29 is 14.3 Å². The van der Waals surface area contributed by atoms with E-state index in [2.05, 4.69) is 10.6 Å². The van der Waals surface area contributed by atoms with E-state index in [1.165, 1.54) is 6.08 Å². The van der Waals surface area contributed by atoms with Crippen LogP contribution in [-0.2, 0) is 11.4 Å². The molecular weight excluding hydrogens is 396 g/mol. The molecule has 5 nitrogen and oxygen atoms in total. The molecule has 2 aromatic carbocycles. The Balaban J connectivity index is 1.64. The topological polar surface area (TPSA) is 74.5 Å². The molecule has 0 radical (unpaired) electrons. The Morgan fingerprint density at radius 1 is 1.14 bits per heavy atom. The second-order valence-electron chi connectivity index (χ2n) is 5.81. The number of anilines is 1. The van der Waals surface area contributed by atoms with E-state index in [-0.39, 0.29) is 17.6 Å². The van der Waals surface area contributed by atoms with E-state index >= 15 is 0 Å². The van der Waals surface area contributed by atoms with Gasteiger partial charge in [0, 0.05) is 17.3 Å². The van der Waals surface area contributed by atoms with Crippen LogP contribution in [0.15, 0.2) is 71.2 Å². The van der Waals surface area contributed by atoms with E-state index in [0.29, 0.717) is 27.8 Å². The molecule has 0 aliphatic carbocycles. The molecule has 0 fully saturated rings. The van der Waals surface area contributed by atoms with Gasteiger partial charge in [0.15, 0.2) is 5.11 Å². The molecule has 0 unspecified atom stereocenters. The molecule has 0 aliphatic rings. The van der Waals surface area contributed by atoms with Crippen molar-refractivity contribution in [2.75, 3.05) is 5.32 Å². The third kappa shape index (κ3) is 5.29. The standard InChI is InChI=1S/C21H17ClN2O3S/c22-18-9-7-15(12-17(18)19-10-8-16(13-25)27-19)23-21(28)24-20(26)11-6-14-4-2-1-3-5-14/h1-12,25H,13H2,(H2,23,24,26,28)/b11-6+. The van der Waals surface area contributed by atoms with Gasteiger partial charge in [-0.2, -0.15) is 0 Å². The molecule has 28 heavy (non-hydrogen) atoms. The van der Waals surface area contributed by atoms with Crippen LogP contribution in [0.5, 0.6) is 0 Å². The van der Waals surface area contributed by atoms with Gasteiger partial charge in [-0.05, 0) is 54.2 Å². The number of halogens is 1. The number of rotatable bonds is 5. The second-order valence-corrected chi connectivity index (χ2v) is 6.62. The molecule has 142 valence electrons. The summed E-state index contributed by atoms with van der Waals surface area (Å²) in [5.74, 6) is 0.630. The van der Waals surface area contributed by atoms with Gasteiger partial charge in [0.05, 0.1) is 5.02 Å². The molecule has 1 amide bonds. The van der Waals surface area contributed by atoms with E-state index in [0.717, 1.165) is 5.56 Å². The van der Waals surface area contributed by atoms with Gasteiger partial charge in [-0.25, -0.2) is 0 Å². The zero-order valence-corrected chi connectivity index (χ0v) is 16.3. The maximum atomic E-state index is 12.0. The average molecular weight is 413 g/mol. The molecule has 0 spiro atoms. The Labute approximate surface area is 172 Å². The maximum absolute atomic E-state index is 12.0. The summed E-state index contributed by atoms with van der Waals surface area (Å²) in [5.41, 5.74) is 2.20. The predicted molar refractivity (Wildman–Crippen MR) is 115 cm³/mol. The van der Waals surface area contributed by atoms with Crippen molar-refractivity contribution in [2.24, 2.45) is 0 Å². The van der Waals surface area contributed by atoms with Crippen LogP contribution in [0, 0.1) is 0 Å². The first-order valence-corrected chi connectivity index (χ1v) is 9.18. The van der Waals surface area contributed by atoms with Gasteiger partial charge < -0.3 is 14.8 Å². The van der Waals surface area contributed by atoms with E-state index in [1.807, 2.05) is 30.3 Å². The van der Waals surface area contributed by atoms with E-state index < -0.39 is 0 Å². The third-order valence-corrected chi connectivity index (χ3v) is 4.30. The Hall–Kier alpha value is -2.93. The SMILES string of the molecule is O=C(/C=C/c1ccccc1)NC(=S)Nc1ccc(Cl)c(-c2ccc(CO)o2)c1. The number of aliphatic hydroxyl groups excluding tert-OH is 1. The molecule has 0 atom stereocenters. The molecule has 0 aliphatic heterocycles. The summed E-state index contributed by atoms with van der Waals surface area (Å²) in [5, 5.41) is 15.3. The Morgan fingerprint density at radius 2 is 1.93 bits per heavy atom. The van der Waals surface area contributed by atoms with Crippen LogP contribution in [0.25, 0.3) is 17.4 Å². The number of amides is 1. The van der Waals surface area contributed by atoms with Crippen LogP contribution in [0.2, 0.25) is 5.02 Å². The van der Waals surface area contributed by atoms with Crippen molar-refractivity contribution >= 4 is 46.6 Å². The smallest absolute Gasteiger partial charge is 0.250 e. The zero-order chi connectivity index (χ0) is 19.9. The number of benzene rings is 2. The van der Waals surface area contributed by atoms with E-state index in [9.17, 15) is 4.79 Å². The lowest BCUT2D eigenvalue weighted by atomic mass is 10.1. The van der Waals surface area contributed by atoms with Crippen molar-refractivity contribution in [3.8, 4) is 11.3 Å². The fraction of sp³-hybridized carbons (Fsp3) is 0.0476. The molecule has 1 aromatic heterocycles. The molecule has 3 aromatic rings. The highest BCUT2D eigenvalue weighted by Gasteiger charge is 2.10. The number of hydrogen-bond donors (Lipinski definition) is 3. The van der Waals surface area contributed by atoms with Crippen molar-refractivity contribution in [3.05, 3.63) is 83.1 Å². The number of aliphatic hydroxyl groups is 1. The minimum atomic E-state index is -0.339. The normalized spacial score (nSPS) is 10.8. The number of hydrogen-bond acceptors (Lipinski definition) is 4. The highest BCUT2D eigenvalue weighted by atomic mass is 35.5. The Morgan fingerprint density at radius 3 is 2.64 bits per heavy atom. The summed E-state index contributed by atoms with van der Waals surface area (Å²) in [6.07, 6.45) is 3.11. The van der Waals surface area contributed by atoms with Gasteiger partial charge in [-0.1, -0.05) is 41.9 Å². The number of thiocarbonyl (C=S) groups is 1. The largest absolute Gasteiger partial charge is 0.459 e. The van der Waals surface area contributed by atoms with Crippen LogP contribution in [-0.4, -0.2) is 16.1 Å². The van der Waals surface area contributed by atoms with Gasteiger partial charge in [0.1, 0.15) is 18.1 Å². The summed E-state index contributed by atoms with van der Waals surface area (Å²) in [7, 11) is 0. The summed E-state index contributed by atoms with van der Waals surface area (Å²) < 4.78 is 5.52. The van der Waals surface area contributed by atoms with Crippen molar-refractivity contribution in [2.45, 2.75) is 6.61 Å². The zero-order valence-electron chi connectivity index (χ0n) is 14.7. The fourth-order valence-corrected chi connectivity index (χ4v) is 2.88. The first kappa shape index (κ1) is 19.8. The third-order valence-electron chi connectivity index (χ3n) is 3.77. The first-order valence-electron chi connectivity index (χ1n) is 8.40. The Kier molecular flexibility index (Phi) is 6.60. The van der Waals surface area contributed by atoms with Gasteiger partial charge in [0.25, 0.3) is 0 Å². The molecule has 3 rings (SSSR count).